The van der Waals surface area contributed by atoms with E-state index < -0.39 is 43.6 Å². The molecule has 0 unspecified atom stereocenters. The van der Waals surface area contributed by atoms with Crippen LogP contribution in [0.15, 0.2) is 57.9 Å². The van der Waals surface area contributed by atoms with Crippen molar-refractivity contribution < 1.29 is 32.7 Å². The molecule has 0 radical (unpaired) electrons. The molecule has 1 aliphatic rings. The van der Waals surface area contributed by atoms with Crippen LogP contribution in [0.4, 0.5) is 5.69 Å². The highest BCUT2D eigenvalue weighted by Crippen LogP contribution is 2.48. The van der Waals surface area contributed by atoms with Crippen LogP contribution in [0.5, 0.6) is 5.75 Å². The first-order chi connectivity index (χ1) is 16.2. The summed E-state index contributed by atoms with van der Waals surface area (Å²) in [5, 5.41) is 11.0. The number of phosphoric ester groups is 1. The molecule has 0 amide bonds. The number of ether oxygens (including phenoxy) is 2. The molecule has 4 atom stereocenters. The molecule has 0 spiro atoms. The standard InChI is InChI=1S/C20H25ClN3O9P/c1-23(11-9-21)13-4-6-14(7-5-13)32-18-15(12-31-34(28,29-2)30-3)33-19(17(18)26)24-10-8-16(25)22-20(24)27/h4-11,15,17-19,26H,12H2,1-3H3,(H,22,25,27)/b11-9+/t15-,17-,18-,19-/m1/s1. The van der Waals surface area contributed by atoms with E-state index in [4.69, 9.17) is 34.6 Å². The number of benzene rings is 1. The SMILES string of the molecule is COP(=O)(OC)OC[C@H]1O[C@@H](n2ccc(=O)[nH]c2=O)[C@H](O)[C@@H]1Oc1ccc(N(C)/C=C/Cl)cc1. The van der Waals surface area contributed by atoms with Crippen LogP contribution in [0.3, 0.4) is 0 Å². The summed E-state index contributed by atoms with van der Waals surface area (Å²) in [5.41, 5.74) is 0.817. The highest BCUT2D eigenvalue weighted by atomic mass is 35.5. The molecule has 2 heterocycles. The third-order valence-corrected chi connectivity index (χ3v) is 6.55. The highest BCUT2D eigenvalue weighted by molar-refractivity contribution is 7.48. The number of aromatic nitrogens is 2. The third kappa shape index (κ3) is 5.97. The minimum absolute atomic E-state index is 0.351. The van der Waals surface area contributed by atoms with Crippen LogP contribution in [0, 0.1) is 0 Å². The molecule has 12 nitrogen and oxygen atoms in total. The summed E-state index contributed by atoms with van der Waals surface area (Å²) in [6.45, 7) is -0.351. The molecule has 1 saturated heterocycles. The van der Waals surface area contributed by atoms with Crippen molar-refractivity contribution in [2.75, 3.05) is 32.8 Å². The summed E-state index contributed by atoms with van der Waals surface area (Å²) in [4.78, 5) is 27.5. The van der Waals surface area contributed by atoms with Crippen LogP contribution in [0.2, 0.25) is 0 Å². The van der Waals surface area contributed by atoms with Crippen molar-refractivity contribution in [1.29, 1.82) is 0 Å². The molecule has 1 fully saturated rings. The minimum Gasteiger partial charge on any atom is -0.485 e. The summed E-state index contributed by atoms with van der Waals surface area (Å²) in [6.07, 6.45) is -1.75. The van der Waals surface area contributed by atoms with Gasteiger partial charge < -0.3 is 19.5 Å². The lowest BCUT2D eigenvalue weighted by Gasteiger charge is -2.23. The van der Waals surface area contributed by atoms with Gasteiger partial charge in [0.2, 0.25) is 0 Å². The second-order valence-corrected chi connectivity index (χ2v) is 9.28. The Hall–Kier alpha value is -2.44. The van der Waals surface area contributed by atoms with Crippen LogP contribution in [0.25, 0.3) is 0 Å². The van der Waals surface area contributed by atoms with Gasteiger partial charge in [0, 0.05) is 51.0 Å². The Bertz CT molecular complexity index is 1140. The van der Waals surface area contributed by atoms with Gasteiger partial charge in [0.25, 0.3) is 5.56 Å². The Morgan fingerprint density at radius 3 is 2.50 bits per heavy atom. The normalized spacial score (nSPS) is 22.9. The zero-order chi connectivity index (χ0) is 24.9. The molecule has 14 heteroatoms. The van der Waals surface area contributed by atoms with E-state index in [1.54, 1.807) is 35.4 Å². The number of rotatable bonds is 10. The Labute approximate surface area is 199 Å². The van der Waals surface area contributed by atoms with E-state index in [-0.39, 0.29) is 6.61 Å². The van der Waals surface area contributed by atoms with E-state index in [0.29, 0.717) is 5.75 Å². The number of hydrogen-bond acceptors (Lipinski definition) is 10. The number of halogens is 1. The smallest absolute Gasteiger partial charge is 0.474 e. The number of aliphatic hydroxyl groups excluding tert-OH is 1. The molecule has 0 saturated carbocycles. The van der Waals surface area contributed by atoms with Gasteiger partial charge >= 0.3 is 13.5 Å². The van der Waals surface area contributed by atoms with E-state index in [1.165, 1.54) is 11.7 Å². The number of aliphatic hydroxyl groups is 1. The summed E-state index contributed by atoms with van der Waals surface area (Å²) in [6, 6.07) is 8.01. The third-order valence-electron chi connectivity index (χ3n) is 5.07. The van der Waals surface area contributed by atoms with E-state index in [0.717, 1.165) is 30.5 Å². The van der Waals surface area contributed by atoms with E-state index in [2.05, 4.69) is 4.98 Å². The summed E-state index contributed by atoms with van der Waals surface area (Å²) < 4.78 is 39.9. The van der Waals surface area contributed by atoms with Crippen molar-refractivity contribution in [3.8, 4) is 5.75 Å². The fourth-order valence-electron chi connectivity index (χ4n) is 3.29. The van der Waals surface area contributed by atoms with Crippen molar-refractivity contribution in [3.63, 3.8) is 0 Å². The number of hydrogen-bond donors (Lipinski definition) is 2. The van der Waals surface area contributed by atoms with E-state index >= 15 is 0 Å². The van der Waals surface area contributed by atoms with Crippen molar-refractivity contribution >= 4 is 25.1 Å². The number of nitrogens with zero attached hydrogens (tertiary/aromatic N) is 2. The molecule has 2 aromatic rings. The number of H-pyrrole nitrogens is 1. The van der Waals surface area contributed by atoms with E-state index in [9.17, 15) is 19.3 Å². The monoisotopic (exact) mass is 517 g/mol. The average molecular weight is 518 g/mol. The predicted octanol–water partition coefficient (Wildman–Crippen LogP) is 1.81. The molecule has 1 aromatic carbocycles. The fourth-order valence-corrected chi connectivity index (χ4v) is 4.15. The van der Waals surface area contributed by atoms with Gasteiger partial charge in [0.15, 0.2) is 12.3 Å². The molecule has 0 aliphatic carbocycles. The summed E-state index contributed by atoms with van der Waals surface area (Å²) in [5.74, 6) is 0.390. The first kappa shape index (κ1) is 26.2. The second-order valence-electron chi connectivity index (χ2n) is 7.14. The Morgan fingerprint density at radius 1 is 1.24 bits per heavy atom. The Morgan fingerprint density at radius 2 is 1.91 bits per heavy atom. The molecular weight excluding hydrogens is 493 g/mol. The number of nitrogens with one attached hydrogen (secondary N) is 1. The molecule has 3 rings (SSSR count). The van der Waals surface area contributed by atoms with Gasteiger partial charge in [0.1, 0.15) is 18.0 Å². The molecular formula is C20H25ClN3O9P. The lowest BCUT2D eigenvalue weighted by atomic mass is 10.1. The molecule has 186 valence electrons. The second kappa shape index (κ2) is 11.3. The predicted molar refractivity (Wildman–Crippen MR) is 123 cm³/mol. The van der Waals surface area contributed by atoms with Crippen molar-refractivity contribution in [3.05, 3.63) is 69.1 Å². The van der Waals surface area contributed by atoms with Crippen LogP contribution >= 0.6 is 19.4 Å². The lowest BCUT2D eigenvalue weighted by Crippen LogP contribution is -2.40. The van der Waals surface area contributed by atoms with E-state index in [1.807, 2.05) is 7.05 Å². The Kier molecular flexibility index (Phi) is 8.72. The maximum atomic E-state index is 12.3. The van der Waals surface area contributed by atoms with Gasteiger partial charge in [-0.05, 0) is 24.3 Å². The van der Waals surface area contributed by atoms with Crippen molar-refractivity contribution in [2.24, 2.45) is 0 Å². The molecule has 1 aliphatic heterocycles. The van der Waals surface area contributed by atoms with Crippen LogP contribution in [0.1, 0.15) is 6.23 Å². The van der Waals surface area contributed by atoms with Gasteiger partial charge in [0.05, 0.1) is 6.61 Å². The first-order valence-corrected chi connectivity index (χ1v) is 11.9. The molecule has 1 aromatic heterocycles. The zero-order valence-electron chi connectivity index (χ0n) is 18.6. The maximum Gasteiger partial charge on any atom is 0.474 e. The minimum atomic E-state index is -3.85. The summed E-state index contributed by atoms with van der Waals surface area (Å²) >= 11 is 5.61. The number of aromatic amines is 1. The number of phosphoric acid groups is 1. The molecule has 0 bridgehead atoms. The van der Waals surface area contributed by atoms with Gasteiger partial charge in [-0.2, -0.15) is 0 Å². The van der Waals surface area contributed by atoms with Gasteiger partial charge in [-0.15, -0.1) is 0 Å². The largest absolute Gasteiger partial charge is 0.485 e. The quantitative estimate of drug-likeness (QED) is 0.448. The van der Waals surface area contributed by atoms with Crippen molar-refractivity contribution in [1.82, 2.24) is 9.55 Å². The van der Waals surface area contributed by atoms with Gasteiger partial charge in [-0.3, -0.25) is 27.9 Å². The molecule has 34 heavy (non-hydrogen) atoms. The van der Waals surface area contributed by atoms with Crippen LogP contribution in [-0.2, 0) is 22.9 Å². The van der Waals surface area contributed by atoms with Gasteiger partial charge in [-0.1, -0.05) is 11.6 Å². The van der Waals surface area contributed by atoms with Crippen molar-refractivity contribution in [2.45, 2.75) is 24.5 Å². The zero-order valence-corrected chi connectivity index (χ0v) is 20.2. The fraction of sp³-hybridized carbons (Fsp3) is 0.400. The first-order valence-electron chi connectivity index (χ1n) is 9.99. The highest BCUT2D eigenvalue weighted by Gasteiger charge is 2.48. The topological polar surface area (TPSA) is 142 Å². The van der Waals surface area contributed by atoms with Crippen LogP contribution < -0.4 is 20.9 Å². The maximum absolute atomic E-state index is 12.3. The van der Waals surface area contributed by atoms with Gasteiger partial charge in [-0.25, -0.2) is 9.36 Å². The molecule has 2 N–H and O–H groups in total. The Balaban J connectivity index is 1.86. The number of anilines is 1. The van der Waals surface area contributed by atoms with Crippen LogP contribution in [-0.4, -0.2) is 60.8 Å². The lowest BCUT2D eigenvalue weighted by molar-refractivity contribution is -0.0547. The summed E-state index contributed by atoms with van der Waals surface area (Å²) in [7, 11) is 0.274. The average Bonchev–Trinajstić information content (AvgIpc) is 3.13.